The maximum atomic E-state index is 11.8. The van der Waals surface area contributed by atoms with Gasteiger partial charge in [-0.3, -0.25) is 4.79 Å². The van der Waals surface area contributed by atoms with Crippen LogP contribution >= 0.6 is 0 Å². The maximum absolute atomic E-state index is 11.8. The van der Waals surface area contributed by atoms with Crippen LogP contribution in [0.4, 0.5) is 0 Å². The zero-order valence-corrected chi connectivity index (χ0v) is 14.7. The van der Waals surface area contributed by atoms with Crippen molar-refractivity contribution in [2.45, 2.75) is 39.0 Å². The molecule has 0 spiro atoms. The van der Waals surface area contributed by atoms with Crippen molar-refractivity contribution in [1.82, 2.24) is 0 Å². The average Bonchev–Trinajstić information content (AvgIpc) is 2.56. The molecule has 0 bridgehead atoms. The van der Waals surface area contributed by atoms with Gasteiger partial charge in [-0.1, -0.05) is 18.2 Å². The molecule has 0 fully saturated rings. The number of hydrogen-bond donors (Lipinski definition) is 0. The highest BCUT2D eigenvalue weighted by atomic mass is 16.5. The normalized spacial score (nSPS) is 10.0. The van der Waals surface area contributed by atoms with E-state index >= 15 is 0 Å². The molecule has 0 radical (unpaired) electrons. The number of hydrogen-bond acceptors (Lipinski definition) is 3. The van der Waals surface area contributed by atoms with E-state index in [1.165, 1.54) is 0 Å². The predicted molar refractivity (Wildman–Crippen MR) is 100 cm³/mol. The van der Waals surface area contributed by atoms with Gasteiger partial charge in [0.25, 0.3) is 0 Å². The number of carbonyl (C=O) groups is 1. The first-order valence-electron chi connectivity index (χ1n) is 8.40. The molecular formula is C21H28O3. The molecule has 0 atom stereocenters. The summed E-state index contributed by atoms with van der Waals surface area (Å²) < 4.78 is 11.8. The molecule has 0 N–H and O–H groups in total. The number of ketones is 1. The first kappa shape index (κ1) is 19.8. The van der Waals surface area contributed by atoms with E-state index < -0.39 is 0 Å². The number of aryl methyl sites for hydroxylation is 1. The molecule has 0 amide bonds. The zero-order valence-electron chi connectivity index (χ0n) is 14.7. The molecule has 0 saturated heterocycles. The van der Waals surface area contributed by atoms with Crippen molar-refractivity contribution >= 4 is 5.78 Å². The van der Waals surface area contributed by atoms with E-state index in [0.717, 1.165) is 43.4 Å². The molecule has 1 rings (SSSR count). The lowest BCUT2D eigenvalue weighted by Crippen LogP contribution is -2.07. The molecular weight excluding hydrogens is 300 g/mol. The number of Topliss-reactive ketones (excluding diaryl/α,β-unsaturated/α-hetero) is 1. The minimum absolute atomic E-state index is 0.0196. The van der Waals surface area contributed by atoms with Gasteiger partial charge >= 0.3 is 0 Å². The first-order chi connectivity index (χ1) is 11.6. The summed E-state index contributed by atoms with van der Waals surface area (Å²) in [7, 11) is 0. The Labute approximate surface area is 145 Å². The van der Waals surface area contributed by atoms with Gasteiger partial charge < -0.3 is 9.47 Å². The van der Waals surface area contributed by atoms with Gasteiger partial charge in [0.15, 0.2) is 17.3 Å². The third-order valence-electron chi connectivity index (χ3n) is 3.54. The van der Waals surface area contributed by atoms with Crippen LogP contribution in [0.25, 0.3) is 0 Å². The van der Waals surface area contributed by atoms with Gasteiger partial charge in [-0.25, -0.2) is 0 Å². The Hall–Kier alpha value is -2.29. The van der Waals surface area contributed by atoms with E-state index in [-0.39, 0.29) is 5.78 Å². The van der Waals surface area contributed by atoms with Crippen molar-refractivity contribution < 1.29 is 14.3 Å². The van der Waals surface area contributed by atoms with Crippen LogP contribution in [0, 0.1) is 0 Å². The Morgan fingerprint density at radius 1 is 1.00 bits per heavy atom. The Balaban J connectivity index is 3.15. The summed E-state index contributed by atoms with van der Waals surface area (Å²) >= 11 is 0. The van der Waals surface area contributed by atoms with Crippen LogP contribution in [0.3, 0.4) is 0 Å². The number of unbranched alkanes of at least 4 members (excludes halogenated alkanes) is 1. The first-order valence-corrected chi connectivity index (χ1v) is 8.40. The second-order valence-corrected chi connectivity index (χ2v) is 5.55. The van der Waals surface area contributed by atoms with Gasteiger partial charge in [0.2, 0.25) is 0 Å². The predicted octanol–water partition coefficient (Wildman–Crippen LogP) is 5.31. The van der Waals surface area contributed by atoms with Gasteiger partial charge in [0.05, 0.1) is 13.2 Å². The summed E-state index contributed by atoms with van der Waals surface area (Å²) in [6.45, 7) is 13.8. The maximum Gasteiger partial charge on any atom is 0.164 e. The van der Waals surface area contributed by atoms with Gasteiger partial charge in [0, 0.05) is 5.56 Å². The molecule has 3 nitrogen and oxygen atoms in total. The summed E-state index contributed by atoms with van der Waals surface area (Å²) in [6.07, 6.45) is 9.70. The minimum Gasteiger partial charge on any atom is -0.489 e. The number of carbonyl (C=O) groups excluding carboxylic acids is 1. The van der Waals surface area contributed by atoms with Gasteiger partial charge in [-0.2, -0.15) is 0 Å². The lowest BCUT2D eigenvalue weighted by atomic mass is 10.0. The Bertz CT molecular complexity index is 537. The van der Waals surface area contributed by atoms with Crippen LogP contribution in [0.1, 0.15) is 48.5 Å². The lowest BCUT2D eigenvalue weighted by Gasteiger charge is -2.17. The highest BCUT2D eigenvalue weighted by Crippen LogP contribution is 2.35. The quantitative estimate of drug-likeness (QED) is 0.280. The molecule has 0 aliphatic heterocycles. The molecule has 1 aromatic carbocycles. The van der Waals surface area contributed by atoms with E-state index in [4.69, 9.17) is 9.47 Å². The minimum atomic E-state index is 0.0196. The topological polar surface area (TPSA) is 35.5 Å². The van der Waals surface area contributed by atoms with Crippen molar-refractivity contribution in [3.8, 4) is 11.5 Å². The van der Waals surface area contributed by atoms with Crippen LogP contribution in [-0.2, 0) is 6.42 Å². The molecule has 0 aliphatic rings. The smallest absolute Gasteiger partial charge is 0.164 e. The van der Waals surface area contributed by atoms with Crippen molar-refractivity contribution in [3.63, 3.8) is 0 Å². The molecule has 3 heteroatoms. The number of rotatable bonds is 13. The molecule has 0 unspecified atom stereocenters. The third kappa shape index (κ3) is 6.45. The largest absolute Gasteiger partial charge is 0.489 e. The zero-order chi connectivity index (χ0) is 17.8. The summed E-state index contributed by atoms with van der Waals surface area (Å²) in [5, 5.41) is 0. The van der Waals surface area contributed by atoms with Crippen molar-refractivity contribution in [2.24, 2.45) is 0 Å². The number of benzene rings is 1. The summed E-state index contributed by atoms with van der Waals surface area (Å²) in [5.41, 5.74) is 1.65. The van der Waals surface area contributed by atoms with Gasteiger partial charge in [-0.05, 0) is 56.7 Å². The third-order valence-corrected chi connectivity index (χ3v) is 3.54. The van der Waals surface area contributed by atoms with Crippen molar-refractivity contribution in [2.75, 3.05) is 13.2 Å². The van der Waals surface area contributed by atoms with E-state index in [9.17, 15) is 4.79 Å². The number of ether oxygens (including phenoxy) is 2. The monoisotopic (exact) mass is 328 g/mol. The Kier molecular flexibility index (Phi) is 9.28. The fourth-order valence-corrected chi connectivity index (χ4v) is 2.25. The van der Waals surface area contributed by atoms with Gasteiger partial charge in [-0.15, -0.1) is 19.7 Å². The molecule has 130 valence electrons. The molecule has 0 heterocycles. The average molecular weight is 328 g/mol. The second kappa shape index (κ2) is 11.3. The molecule has 0 aliphatic carbocycles. The highest BCUT2D eigenvalue weighted by molar-refractivity contribution is 5.95. The standard InChI is InChI=1S/C21H28O3/c1-5-8-11-12-18-15-19(17(4)22)16-20(23-13-9-6-2)21(18)24-14-10-7-3/h5-7,15-16H,1-3,8-14H2,4H3. The number of allylic oxidation sites excluding steroid dienone is 1. The van der Waals surface area contributed by atoms with E-state index in [0.29, 0.717) is 24.5 Å². The molecule has 24 heavy (non-hydrogen) atoms. The van der Waals surface area contributed by atoms with Crippen LogP contribution in [0.2, 0.25) is 0 Å². The summed E-state index contributed by atoms with van der Waals surface area (Å²) in [6, 6.07) is 3.68. The van der Waals surface area contributed by atoms with E-state index in [2.05, 4.69) is 19.7 Å². The Morgan fingerprint density at radius 3 is 2.21 bits per heavy atom. The SMILES string of the molecule is C=CCCCc1cc(C(C)=O)cc(OCCC=C)c1OCCC=C. The Morgan fingerprint density at radius 2 is 1.62 bits per heavy atom. The molecule has 0 aromatic heterocycles. The van der Waals surface area contributed by atoms with E-state index in [1.54, 1.807) is 19.1 Å². The van der Waals surface area contributed by atoms with Crippen molar-refractivity contribution in [3.05, 3.63) is 61.2 Å². The van der Waals surface area contributed by atoms with Crippen LogP contribution in [0.5, 0.6) is 11.5 Å². The van der Waals surface area contributed by atoms with Crippen LogP contribution in [0.15, 0.2) is 50.1 Å². The fraction of sp³-hybridized carbons (Fsp3) is 0.381. The van der Waals surface area contributed by atoms with Gasteiger partial charge in [0.1, 0.15) is 0 Å². The highest BCUT2D eigenvalue weighted by Gasteiger charge is 2.15. The second-order valence-electron chi connectivity index (χ2n) is 5.55. The van der Waals surface area contributed by atoms with Crippen LogP contribution in [-0.4, -0.2) is 19.0 Å². The van der Waals surface area contributed by atoms with E-state index in [1.807, 2.05) is 18.2 Å². The molecule has 0 saturated carbocycles. The summed E-state index contributed by atoms with van der Waals surface area (Å²) in [5.74, 6) is 1.38. The van der Waals surface area contributed by atoms with Crippen molar-refractivity contribution in [1.29, 1.82) is 0 Å². The lowest BCUT2D eigenvalue weighted by molar-refractivity contribution is 0.101. The fourth-order valence-electron chi connectivity index (χ4n) is 2.25. The van der Waals surface area contributed by atoms with Crippen LogP contribution < -0.4 is 9.47 Å². The molecule has 1 aromatic rings. The summed E-state index contributed by atoms with van der Waals surface area (Å²) in [4.78, 5) is 11.8.